The third kappa shape index (κ3) is 2.50. The van der Waals surface area contributed by atoms with E-state index in [2.05, 4.69) is 61.6 Å². The molecule has 3 heteroatoms. The predicted molar refractivity (Wildman–Crippen MR) is 79.7 cm³/mol. The van der Waals surface area contributed by atoms with E-state index in [-0.39, 0.29) is 0 Å². The first-order valence-electron chi connectivity index (χ1n) is 5.98. The summed E-state index contributed by atoms with van der Waals surface area (Å²) < 4.78 is 7.39. The fraction of sp³-hybridized carbons (Fsp3) is 0.429. The molecule has 0 fully saturated rings. The van der Waals surface area contributed by atoms with E-state index in [9.17, 15) is 0 Å². The first-order valence-corrected chi connectivity index (χ1v) is 10.2. The molecular weight excluding hydrogens is 292 g/mol. The summed E-state index contributed by atoms with van der Waals surface area (Å²) in [6.07, 6.45) is 3.23. The number of fused-ring (bicyclic) bond motifs is 1. The van der Waals surface area contributed by atoms with Gasteiger partial charge in [0.25, 0.3) is 0 Å². The van der Waals surface area contributed by atoms with Gasteiger partial charge in [-0.3, -0.25) is 0 Å². The number of aryl methyl sites for hydroxylation is 1. The van der Waals surface area contributed by atoms with Crippen molar-refractivity contribution in [1.29, 1.82) is 0 Å². The molecule has 92 valence electrons. The molecule has 0 radical (unpaired) electrons. The summed E-state index contributed by atoms with van der Waals surface area (Å²) in [6.45, 7) is 11.0. The zero-order chi connectivity index (χ0) is 12.8. The first-order chi connectivity index (χ1) is 7.79. The minimum absolute atomic E-state index is 1.00. The molecule has 1 nitrogen and oxygen atoms in total. The average Bonchev–Trinajstić information content (AvgIpc) is 2.55. The Bertz CT molecular complexity index is 498. The van der Waals surface area contributed by atoms with Gasteiger partial charge in [0.1, 0.15) is 5.76 Å². The summed E-state index contributed by atoms with van der Waals surface area (Å²) in [7, 11) is -1.53. The van der Waals surface area contributed by atoms with Crippen LogP contribution >= 0.6 is 15.9 Å². The summed E-state index contributed by atoms with van der Waals surface area (Å²) in [5, 5.41) is 0. The molecule has 17 heavy (non-hydrogen) atoms. The van der Waals surface area contributed by atoms with E-state index in [0.717, 1.165) is 12.2 Å². The van der Waals surface area contributed by atoms with Crippen LogP contribution < -0.4 is 0 Å². The Morgan fingerprint density at radius 3 is 2.47 bits per heavy atom. The number of benzene rings is 1. The Balaban J connectivity index is 2.46. The van der Waals surface area contributed by atoms with Crippen LogP contribution in [0, 0.1) is 13.8 Å². The van der Waals surface area contributed by atoms with Crippen molar-refractivity contribution in [3.05, 3.63) is 38.9 Å². The molecule has 0 aliphatic heterocycles. The molecule has 1 aliphatic carbocycles. The van der Waals surface area contributed by atoms with E-state index in [0.29, 0.717) is 0 Å². The van der Waals surface area contributed by atoms with Crippen molar-refractivity contribution in [1.82, 2.24) is 0 Å². The second-order valence-electron chi connectivity index (χ2n) is 5.65. The van der Waals surface area contributed by atoms with Crippen LogP contribution in [0.3, 0.4) is 0 Å². The van der Waals surface area contributed by atoms with E-state index in [4.69, 9.17) is 4.43 Å². The van der Waals surface area contributed by atoms with Gasteiger partial charge >= 0.3 is 0 Å². The highest BCUT2D eigenvalue weighted by atomic mass is 79.9. The van der Waals surface area contributed by atoms with Crippen LogP contribution in [-0.4, -0.2) is 8.32 Å². The highest BCUT2D eigenvalue weighted by molar-refractivity contribution is 9.10. The van der Waals surface area contributed by atoms with E-state index in [1.165, 1.54) is 26.7 Å². The Morgan fingerprint density at radius 1 is 1.24 bits per heavy atom. The topological polar surface area (TPSA) is 9.23 Å². The molecular formula is C14H19BrOSi. The lowest BCUT2D eigenvalue weighted by Crippen LogP contribution is -2.24. The van der Waals surface area contributed by atoms with Crippen molar-refractivity contribution in [3.8, 4) is 0 Å². The summed E-state index contributed by atoms with van der Waals surface area (Å²) in [6, 6.07) is 2.27. The van der Waals surface area contributed by atoms with Gasteiger partial charge in [-0.15, -0.1) is 0 Å². The highest BCUT2D eigenvalue weighted by Crippen LogP contribution is 2.37. The molecule has 1 aromatic rings. The Morgan fingerprint density at radius 2 is 1.88 bits per heavy atom. The third-order valence-electron chi connectivity index (χ3n) is 2.93. The van der Waals surface area contributed by atoms with Crippen LogP contribution in [0.4, 0.5) is 0 Å². The van der Waals surface area contributed by atoms with Crippen molar-refractivity contribution in [2.45, 2.75) is 39.9 Å². The van der Waals surface area contributed by atoms with Crippen molar-refractivity contribution < 1.29 is 4.43 Å². The molecule has 0 bridgehead atoms. The second-order valence-corrected chi connectivity index (χ2v) is 10.9. The monoisotopic (exact) mass is 310 g/mol. The number of hydrogen-bond acceptors (Lipinski definition) is 1. The molecule has 0 heterocycles. The summed E-state index contributed by atoms with van der Waals surface area (Å²) in [4.78, 5) is 0. The van der Waals surface area contributed by atoms with Gasteiger partial charge in [-0.25, -0.2) is 0 Å². The van der Waals surface area contributed by atoms with Crippen LogP contribution in [0.5, 0.6) is 0 Å². The van der Waals surface area contributed by atoms with Gasteiger partial charge < -0.3 is 4.43 Å². The normalized spacial score (nSPS) is 14.6. The molecule has 0 unspecified atom stereocenters. The van der Waals surface area contributed by atoms with Crippen LogP contribution in [0.25, 0.3) is 5.76 Å². The first kappa shape index (κ1) is 12.9. The summed E-state index contributed by atoms with van der Waals surface area (Å²) >= 11 is 3.67. The Labute approximate surface area is 113 Å². The fourth-order valence-corrected chi connectivity index (χ4v) is 3.43. The van der Waals surface area contributed by atoms with Crippen molar-refractivity contribution in [3.63, 3.8) is 0 Å². The second kappa shape index (κ2) is 4.29. The maximum atomic E-state index is 6.18. The highest BCUT2D eigenvalue weighted by Gasteiger charge is 2.25. The number of rotatable bonds is 2. The van der Waals surface area contributed by atoms with E-state index in [1.54, 1.807) is 0 Å². The quantitative estimate of drug-likeness (QED) is 0.712. The Hall–Kier alpha value is -0.543. The molecule has 0 atom stereocenters. The van der Waals surface area contributed by atoms with Crippen LogP contribution in [0.15, 0.2) is 16.6 Å². The minimum Gasteiger partial charge on any atom is -0.544 e. The van der Waals surface area contributed by atoms with Crippen molar-refractivity contribution in [2.24, 2.45) is 0 Å². The van der Waals surface area contributed by atoms with Gasteiger partial charge in [-0.05, 0) is 62.7 Å². The largest absolute Gasteiger partial charge is 0.544 e. The fourth-order valence-electron chi connectivity index (χ4n) is 2.27. The lowest BCUT2D eigenvalue weighted by molar-refractivity contribution is 0.515. The van der Waals surface area contributed by atoms with Gasteiger partial charge in [0.15, 0.2) is 0 Å². The summed E-state index contributed by atoms with van der Waals surface area (Å²) in [5.74, 6) is 1.09. The molecule has 0 saturated carbocycles. The molecule has 0 amide bonds. The Kier molecular flexibility index (Phi) is 3.25. The molecule has 0 aromatic heterocycles. The van der Waals surface area contributed by atoms with E-state index in [1.807, 2.05) is 0 Å². The molecule has 1 aliphatic rings. The zero-order valence-electron chi connectivity index (χ0n) is 11.1. The van der Waals surface area contributed by atoms with Gasteiger partial charge in [-0.2, -0.15) is 0 Å². The van der Waals surface area contributed by atoms with Crippen molar-refractivity contribution >= 4 is 30.0 Å². The predicted octanol–water partition coefficient (Wildman–Crippen LogP) is 4.81. The molecule has 0 saturated heterocycles. The van der Waals surface area contributed by atoms with Crippen LogP contribution in [-0.2, 0) is 10.8 Å². The lowest BCUT2D eigenvalue weighted by atomic mass is 10.0. The van der Waals surface area contributed by atoms with Crippen molar-refractivity contribution in [2.75, 3.05) is 0 Å². The smallest absolute Gasteiger partial charge is 0.242 e. The standard InChI is InChI=1S/C14H19BrOSi/c1-9-8-11-6-7-12(16-17(3,4)5)13(11)10(2)14(9)15/h7-8H,6H2,1-5H3. The summed E-state index contributed by atoms with van der Waals surface area (Å²) in [5.41, 5.74) is 5.33. The number of halogens is 1. The number of hydrogen-bond donors (Lipinski definition) is 0. The van der Waals surface area contributed by atoms with Crippen LogP contribution in [0.2, 0.25) is 19.6 Å². The average molecular weight is 311 g/mol. The molecule has 2 rings (SSSR count). The van der Waals surface area contributed by atoms with E-state index >= 15 is 0 Å². The lowest BCUT2D eigenvalue weighted by Gasteiger charge is -2.22. The van der Waals surface area contributed by atoms with E-state index < -0.39 is 8.32 Å². The molecule has 1 aromatic carbocycles. The SMILES string of the molecule is Cc1cc2c(c(C)c1Br)C(O[Si](C)(C)C)=CC2. The zero-order valence-corrected chi connectivity index (χ0v) is 13.7. The van der Waals surface area contributed by atoms with Gasteiger partial charge in [0.2, 0.25) is 8.32 Å². The van der Waals surface area contributed by atoms with Gasteiger partial charge in [0.05, 0.1) is 0 Å². The number of allylic oxidation sites excluding steroid dienone is 1. The maximum Gasteiger partial charge on any atom is 0.242 e. The minimum atomic E-state index is -1.53. The third-order valence-corrected chi connectivity index (χ3v) is 4.98. The molecule has 0 spiro atoms. The van der Waals surface area contributed by atoms with Gasteiger partial charge in [-0.1, -0.05) is 22.0 Å². The van der Waals surface area contributed by atoms with Gasteiger partial charge in [0, 0.05) is 10.0 Å². The molecule has 0 N–H and O–H groups in total. The maximum absolute atomic E-state index is 6.18. The van der Waals surface area contributed by atoms with Crippen LogP contribution in [0.1, 0.15) is 22.3 Å².